The topological polar surface area (TPSA) is 80.2 Å². The Labute approximate surface area is 119 Å². The summed E-state index contributed by atoms with van der Waals surface area (Å²) in [6, 6.07) is 0. The quantitative estimate of drug-likeness (QED) is 0.612. The fourth-order valence-electron chi connectivity index (χ4n) is 1.76. The number of amides is 2. The molecule has 0 aromatic heterocycles. The average Bonchev–Trinajstić information content (AvgIpc) is 2.46. The highest BCUT2D eigenvalue weighted by Crippen LogP contribution is 2.04. The van der Waals surface area contributed by atoms with Gasteiger partial charge in [0, 0.05) is 39.1 Å². The van der Waals surface area contributed by atoms with Gasteiger partial charge in [0.25, 0.3) is 5.91 Å². The van der Waals surface area contributed by atoms with Gasteiger partial charge < -0.3 is 14.4 Å². The minimum Gasteiger partial charge on any atom is -0.380 e. The van der Waals surface area contributed by atoms with Crippen LogP contribution in [0.25, 0.3) is 0 Å². The van der Waals surface area contributed by atoms with Crippen molar-refractivity contribution in [1.82, 2.24) is 10.3 Å². The van der Waals surface area contributed by atoms with E-state index in [9.17, 15) is 9.59 Å². The van der Waals surface area contributed by atoms with Gasteiger partial charge in [-0.2, -0.15) is 5.10 Å². The molecular formula is C13H23N3O4. The molecule has 0 aliphatic carbocycles. The third-order valence-corrected chi connectivity index (χ3v) is 2.86. The molecule has 0 saturated heterocycles. The van der Waals surface area contributed by atoms with E-state index in [-0.39, 0.29) is 11.8 Å². The van der Waals surface area contributed by atoms with Gasteiger partial charge in [0.05, 0.1) is 13.2 Å². The number of carbonyl (C=O) groups excluding carboxylic acids is 2. The SMILES string of the molecule is CCOCCN(CCOCC)C(=O)C1=NNC(=O)CC1. The van der Waals surface area contributed by atoms with Crippen molar-refractivity contribution in [3.63, 3.8) is 0 Å². The Kier molecular flexibility index (Phi) is 7.82. The molecule has 0 aromatic carbocycles. The lowest BCUT2D eigenvalue weighted by molar-refractivity contribution is -0.126. The van der Waals surface area contributed by atoms with E-state index in [1.807, 2.05) is 13.8 Å². The lowest BCUT2D eigenvalue weighted by Crippen LogP contribution is -2.43. The molecule has 0 aromatic rings. The summed E-state index contributed by atoms with van der Waals surface area (Å²) in [7, 11) is 0. The minimum atomic E-state index is -0.163. The lowest BCUT2D eigenvalue weighted by Gasteiger charge is -2.24. The first kappa shape index (κ1) is 16.6. The summed E-state index contributed by atoms with van der Waals surface area (Å²) in [6.45, 7) is 7.00. The molecule has 20 heavy (non-hydrogen) atoms. The second-order valence-corrected chi connectivity index (χ2v) is 4.28. The molecule has 7 nitrogen and oxygen atoms in total. The summed E-state index contributed by atoms with van der Waals surface area (Å²) in [5, 5.41) is 3.83. The number of ether oxygens (including phenoxy) is 2. The van der Waals surface area contributed by atoms with Gasteiger partial charge in [-0.3, -0.25) is 9.59 Å². The van der Waals surface area contributed by atoms with Crippen molar-refractivity contribution in [2.75, 3.05) is 39.5 Å². The Hall–Kier alpha value is -1.47. The fraction of sp³-hybridized carbons (Fsp3) is 0.769. The van der Waals surface area contributed by atoms with Gasteiger partial charge >= 0.3 is 0 Å². The van der Waals surface area contributed by atoms with E-state index in [0.717, 1.165) is 0 Å². The van der Waals surface area contributed by atoms with Gasteiger partial charge in [0.1, 0.15) is 5.71 Å². The highest BCUT2D eigenvalue weighted by Gasteiger charge is 2.23. The van der Waals surface area contributed by atoms with Crippen LogP contribution in [0.2, 0.25) is 0 Å². The maximum atomic E-state index is 12.3. The van der Waals surface area contributed by atoms with E-state index in [2.05, 4.69) is 10.5 Å². The van der Waals surface area contributed by atoms with E-state index >= 15 is 0 Å². The van der Waals surface area contributed by atoms with E-state index in [1.165, 1.54) is 0 Å². The molecule has 0 atom stereocenters. The predicted molar refractivity (Wildman–Crippen MR) is 74.4 cm³/mol. The van der Waals surface area contributed by atoms with Crippen molar-refractivity contribution >= 4 is 17.5 Å². The molecule has 1 aliphatic heterocycles. The first-order chi connectivity index (χ1) is 9.69. The van der Waals surface area contributed by atoms with Crippen molar-refractivity contribution < 1.29 is 19.1 Å². The van der Waals surface area contributed by atoms with E-state index < -0.39 is 0 Å². The fourth-order valence-corrected chi connectivity index (χ4v) is 1.76. The second-order valence-electron chi connectivity index (χ2n) is 4.28. The Bertz CT molecular complexity index is 348. The molecule has 1 N–H and O–H groups in total. The van der Waals surface area contributed by atoms with Crippen LogP contribution in [0.1, 0.15) is 26.7 Å². The molecular weight excluding hydrogens is 262 g/mol. The highest BCUT2D eigenvalue weighted by atomic mass is 16.5. The van der Waals surface area contributed by atoms with Crippen molar-refractivity contribution in [3.8, 4) is 0 Å². The van der Waals surface area contributed by atoms with Gasteiger partial charge in [-0.1, -0.05) is 0 Å². The van der Waals surface area contributed by atoms with Crippen LogP contribution in [0.15, 0.2) is 5.10 Å². The Balaban J connectivity index is 2.55. The average molecular weight is 285 g/mol. The molecule has 7 heteroatoms. The van der Waals surface area contributed by atoms with Crippen LogP contribution in [-0.4, -0.2) is 61.9 Å². The molecule has 114 valence electrons. The normalized spacial score (nSPS) is 14.7. The summed E-state index contributed by atoms with van der Waals surface area (Å²) >= 11 is 0. The van der Waals surface area contributed by atoms with E-state index in [1.54, 1.807) is 4.90 Å². The van der Waals surface area contributed by atoms with E-state index in [4.69, 9.17) is 9.47 Å². The van der Waals surface area contributed by atoms with Gasteiger partial charge in [-0.15, -0.1) is 0 Å². The number of nitrogens with zero attached hydrogens (tertiary/aromatic N) is 2. The molecule has 0 bridgehead atoms. The van der Waals surface area contributed by atoms with Gasteiger partial charge in [-0.25, -0.2) is 5.43 Å². The van der Waals surface area contributed by atoms with Crippen molar-refractivity contribution in [1.29, 1.82) is 0 Å². The van der Waals surface area contributed by atoms with Crippen LogP contribution < -0.4 is 5.43 Å². The zero-order valence-corrected chi connectivity index (χ0v) is 12.2. The Morgan fingerprint density at radius 3 is 2.25 bits per heavy atom. The highest BCUT2D eigenvalue weighted by molar-refractivity contribution is 6.39. The smallest absolute Gasteiger partial charge is 0.270 e. The minimum absolute atomic E-state index is 0.156. The molecule has 0 fully saturated rings. The molecule has 1 rings (SSSR count). The number of hydrogen-bond donors (Lipinski definition) is 1. The van der Waals surface area contributed by atoms with E-state index in [0.29, 0.717) is 58.1 Å². The van der Waals surface area contributed by atoms with Crippen LogP contribution in [0.3, 0.4) is 0 Å². The second kappa shape index (κ2) is 9.44. The zero-order valence-electron chi connectivity index (χ0n) is 12.2. The van der Waals surface area contributed by atoms with Crippen LogP contribution in [0.5, 0.6) is 0 Å². The van der Waals surface area contributed by atoms with Gasteiger partial charge in [0.15, 0.2) is 0 Å². The third kappa shape index (κ3) is 5.66. The number of rotatable bonds is 9. The first-order valence-electron chi connectivity index (χ1n) is 6.99. The third-order valence-electron chi connectivity index (χ3n) is 2.86. The van der Waals surface area contributed by atoms with Gasteiger partial charge in [0.2, 0.25) is 5.91 Å². The monoisotopic (exact) mass is 285 g/mol. The van der Waals surface area contributed by atoms with Crippen molar-refractivity contribution in [2.24, 2.45) is 5.10 Å². The molecule has 2 amide bonds. The van der Waals surface area contributed by atoms with Crippen LogP contribution in [0.4, 0.5) is 0 Å². The summed E-state index contributed by atoms with van der Waals surface area (Å²) in [4.78, 5) is 25.0. The molecule has 0 unspecified atom stereocenters. The maximum Gasteiger partial charge on any atom is 0.270 e. The molecule has 1 heterocycles. The number of hydrogen-bond acceptors (Lipinski definition) is 5. The predicted octanol–water partition coefficient (Wildman–Crippen LogP) is 0.154. The number of hydrazone groups is 1. The summed E-state index contributed by atoms with van der Waals surface area (Å²) in [5.41, 5.74) is 2.73. The zero-order chi connectivity index (χ0) is 14.8. The Morgan fingerprint density at radius 2 is 1.80 bits per heavy atom. The maximum absolute atomic E-state index is 12.3. The standard InChI is InChI=1S/C13H23N3O4/c1-3-19-9-7-16(8-10-20-4-2)13(18)11-5-6-12(17)15-14-11/h3-10H2,1-2H3,(H,15,17). The molecule has 1 aliphatic rings. The van der Waals surface area contributed by atoms with Crippen LogP contribution in [0, 0.1) is 0 Å². The van der Waals surface area contributed by atoms with Crippen molar-refractivity contribution in [3.05, 3.63) is 0 Å². The Morgan fingerprint density at radius 1 is 1.20 bits per heavy atom. The number of carbonyl (C=O) groups is 2. The van der Waals surface area contributed by atoms with Gasteiger partial charge in [-0.05, 0) is 13.8 Å². The molecule has 0 radical (unpaired) electrons. The molecule has 0 saturated carbocycles. The summed E-state index contributed by atoms with van der Waals surface area (Å²) in [5.74, 6) is -0.318. The van der Waals surface area contributed by atoms with Crippen molar-refractivity contribution in [2.45, 2.75) is 26.7 Å². The van der Waals surface area contributed by atoms with Crippen LogP contribution >= 0.6 is 0 Å². The summed E-state index contributed by atoms with van der Waals surface area (Å²) < 4.78 is 10.6. The first-order valence-corrected chi connectivity index (χ1v) is 6.99. The summed E-state index contributed by atoms with van der Waals surface area (Å²) in [6.07, 6.45) is 0.680. The lowest BCUT2D eigenvalue weighted by atomic mass is 10.1. The number of nitrogens with one attached hydrogen (secondary N) is 1. The van der Waals surface area contributed by atoms with Crippen LogP contribution in [-0.2, 0) is 19.1 Å². The molecule has 0 spiro atoms. The largest absolute Gasteiger partial charge is 0.380 e.